The number of hydrogen-bond acceptors (Lipinski definition) is 7. The summed E-state index contributed by atoms with van der Waals surface area (Å²) >= 11 is 0. The maximum Gasteiger partial charge on any atom is 0.422 e. The lowest BCUT2D eigenvalue weighted by Gasteiger charge is -2.33. The molecule has 1 saturated heterocycles. The molecule has 9 nitrogen and oxygen atoms in total. The van der Waals surface area contributed by atoms with Crippen LogP contribution in [0.5, 0.6) is 0 Å². The number of carbonyl (C=O) groups excluding carboxylic acids is 1. The molecule has 1 N–H and O–H groups in total. The lowest BCUT2D eigenvalue weighted by molar-refractivity contribution is 0.0569. The Balaban J connectivity index is 2.33. The molecule has 2 heterocycles. The van der Waals surface area contributed by atoms with Gasteiger partial charge < -0.3 is 14.0 Å². The number of nitrogens with one attached hydrogen (secondary N) is 1. The van der Waals surface area contributed by atoms with E-state index in [0.717, 1.165) is 4.31 Å². The average Bonchev–Trinajstić information content (AvgIpc) is 2.78. The van der Waals surface area contributed by atoms with Crippen LogP contribution in [0.25, 0.3) is 0 Å². The highest BCUT2D eigenvalue weighted by Crippen LogP contribution is 2.30. The maximum atomic E-state index is 12.9. The predicted octanol–water partition coefficient (Wildman–Crippen LogP) is 2.05. The number of rotatable bonds is 4. The van der Waals surface area contributed by atoms with Gasteiger partial charge in [0.1, 0.15) is 5.60 Å². The number of nitrogens with zero attached hydrogens (tertiary/aromatic N) is 2. The fourth-order valence-corrected chi connectivity index (χ4v) is 3.80. The molecule has 0 aliphatic carbocycles. The van der Waals surface area contributed by atoms with Crippen LogP contribution in [0.15, 0.2) is 4.52 Å². The van der Waals surface area contributed by atoms with E-state index in [9.17, 15) is 13.2 Å². The van der Waals surface area contributed by atoms with Crippen molar-refractivity contribution in [2.45, 2.75) is 59.1 Å². The summed E-state index contributed by atoms with van der Waals surface area (Å²) < 4.78 is 44.4. The molecule has 1 aliphatic rings. The van der Waals surface area contributed by atoms with Crippen LogP contribution in [0.2, 0.25) is 0 Å². The third-order valence-corrected chi connectivity index (χ3v) is 5.13. The Morgan fingerprint density at radius 2 is 1.88 bits per heavy atom. The third kappa shape index (κ3) is 4.85. The van der Waals surface area contributed by atoms with Crippen LogP contribution in [-0.2, 0) is 19.7 Å². The number of anilines is 1. The molecular weight excluding hydrogens is 350 g/mol. The van der Waals surface area contributed by atoms with Gasteiger partial charge in [-0.2, -0.15) is 8.42 Å². The topological polar surface area (TPSA) is 111 Å². The summed E-state index contributed by atoms with van der Waals surface area (Å²) in [5.41, 5.74) is 0.363. The van der Waals surface area contributed by atoms with E-state index in [0.29, 0.717) is 37.3 Å². The molecule has 0 spiro atoms. The van der Waals surface area contributed by atoms with Crippen molar-refractivity contribution in [2.75, 3.05) is 17.5 Å². The molecule has 1 amide bonds. The van der Waals surface area contributed by atoms with Gasteiger partial charge in [0.25, 0.3) is 0 Å². The van der Waals surface area contributed by atoms with Crippen LogP contribution in [0.4, 0.5) is 10.7 Å². The molecule has 0 atom stereocenters. The van der Waals surface area contributed by atoms with Gasteiger partial charge in [0.2, 0.25) is 5.88 Å². The predicted molar refractivity (Wildman–Crippen MR) is 90.6 cm³/mol. The van der Waals surface area contributed by atoms with Gasteiger partial charge in [-0.25, -0.2) is 13.8 Å². The summed E-state index contributed by atoms with van der Waals surface area (Å²) in [6.07, 6.45) is -0.0820. The zero-order valence-corrected chi connectivity index (χ0v) is 16.0. The molecule has 0 unspecified atom stereocenters. The van der Waals surface area contributed by atoms with Crippen molar-refractivity contribution in [3.05, 3.63) is 11.3 Å². The summed E-state index contributed by atoms with van der Waals surface area (Å²) in [6.45, 7) is 9.25. The van der Waals surface area contributed by atoms with Crippen molar-refractivity contribution in [2.24, 2.45) is 0 Å². The molecule has 1 aromatic rings. The van der Waals surface area contributed by atoms with Crippen LogP contribution >= 0.6 is 0 Å². The van der Waals surface area contributed by atoms with Gasteiger partial charge in [-0.3, -0.25) is 0 Å². The molecular formula is C15H25N3O6S. The van der Waals surface area contributed by atoms with Crippen LogP contribution in [0.3, 0.4) is 0 Å². The minimum absolute atomic E-state index is 0.0976. The SMILES string of the molecule is Cc1noc(N(C2CCOCC2)S(=O)(=O)NC(=O)OC(C)(C)C)c1C. The number of aromatic nitrogens is 1. The van der Waals surface area contributed by atoms with Gasteiger partial charge in [0.05, 0.1) is 11.7 Å². The smallest absolute Gasteiger partial charge is 0.422 e. The van der Waals surface area contributed by atoms with Crippen LogP contribution in [0, 0.1) is 13.8 Å². The maximum absolute atomic E-state index is 12.9. The van der Waals surface area contributed by atoms with Crippen LogP contribution in [0.1, 0.15) is 44.9 Å². The highest BCUT2D eigenvalue weighted by Gasteiger charge is 2.37. The summed E-state index contributed by atoms with van der Waals surface area (Å²) in [5, 5.41) is 3.83. The largest absolute Gasteiger partial charge is 0.443 e. The molecule has 0 bridgehead atoms. The van der Waals surface area contributed by atoms with Crippen molar-refractivity contribution in [1.82, 2.24) is 9.88 Å². The van der Waals surface area contributed by atoms with Gasteiger partial charge in [-0.1, -0.05) is 5.16 Å². The fraction of sp³-hybridized carbons (Fsp3) is 0.733. The first kappa shape index (κ1) is 19.5. The van der Waals surface area contributed by atoms with E-state index in [-0.39, 0.29) is 5.88 Å². The molecule has 0 radical (unpaired) electrons. The first-order valence-corrected chi connectivity index (χ1v) is 9.51. The van der Waals surface area contributed by atoms with Crippen LogP contribution < -0.4 is 9.03 Å². The molecule has 0 aromatic carbocycles. The molecule has 142 valence electrons. The van der Waals surface area contributed by atoms with Gasteiger partial charge in [-0.15, -0.1) is 0 Å². The fourth-order valence-electron chi connectivity index (χ4n) is 2.45. The highest BCUT2D eigenvalue weighted by molar-refractivity contribution is 7.91. The summed E-state index contributed by atoms with van der Waals surface area (Å²) in [5.74, 6) is 0.0976. The molecule has 0 saturated carbocycles. The van der Waals surface area contributed by atoms with Crippen molar-refractivity contribution >= 4 is 22.2 Å². The zero-order chi connectivity index (χ0) is 18.8. The molecule has 1 fully saturated rings. The van der Waals surface area contributed by atoms with E-state index in [1.54, 1.807) is 34.6 Å². The second-order valence-electron chi connectivity index (χ2n) is 6.95. The highest BCUT2D eigenvalue weighted by atomic mass is 32.2. The van der Waals surface area contributed by atoms with Crippen LogP contribution in [-0.4, -0.2) is 44.5 Å². The average molecular weight is 375 g/mol. The van der Waals surface area contributed by atoms with E-state index >= 15 is 0 Å². The second kappa shape index (κ2) is 7.20. The van der Waals surface area contributed by atoms with Crippen molar-refractivity contribution in [3.8, 4) is 0 Å². The van der Waals surface area contributed by atoms with Crippen molar-refractivity contribution in [3.63, 3.8) is 0 Å². The molecule has 2 rings (SSSR count). The van der Waals surface area contributed by atoms with Gasteiger partial charge in [0.15, 0.2) is 0 Å². The summed E-state index contributed by atoms with van der Waals surface area (Å²) in [6, 6.07) is -0.403. The molecule has 1 aromatic heterocycles. The number of ether oxygens (including phenoxy) is 2. The van der Waals surface area contributed by atoms with E-state index in [4.69, 9.17) is 14.0 Å². The Kier molecular flexibility index (Phi) is 5.62. The quantitative estimate of drug-likeness (QED) is 0.857. The number of aryl methyl sites for hydroxylation is 1. The Morgan fingerprint density at radius 1 is 1.28 bits per heavy atom. The number of amides is 1. The normalized spacial score (nSPS) is 16.5. The Labute approximate surface area is 147 Å². The number of carbonyl (C=O) groups is 1. The van der Waals surface area contributed by atoms with Crippen molar-refractivity contribution < 1.29 is 27.2 Å². The van der Waals surface area contributed by atoms with Gasteiger partial charge in [0, 0.05) is 18.8 Å². The summed E-state index contributed by atoms with van der Waals surface area (Å²) in [4.78, 5) is 12.0. The van der Waals surface area contributed by atoms with E-state index in [2.05, 4.69) is 5.16 Å². The molecule has 25 heavy (non-hydrogen) atoms. The Bertz CT molecular complexity index is 716. The van der Waals surface area contributed by atoms with E-state index in [1.165, 1.54) is 0 Å². The standard InChI is InChI=1S/C15H25N3O6S/c1-10-11(2)16-24-13(10)18(12-6-8-22-9-7-12)25(20,21)17-14(19)23-15(3,4)5/h12H,6-9H2,1-5H3,(H,17,19). The first-order valence-electron chi connectivity index (χ1n) is 8.07. The van der Waals surface area contributed by atoms with E-state index in [1.807, 2.05) is 4.72 Å². The van der Waals surface area contributed by atoms with E-state index < -0.39 is 27.9 Å². The summed E-state index contributed by atoms with van der Waals surface area (Å²) in [7, 11) is -4.24. The third-order valence-electron chi connectivity index (χ3n) is 3.73. The minimum atomic E-state index is -4.24. The number of hydrogen-bond donors (Lipinski definition) is 1. The molecule has 10 heteroatoms. The van der Waals surface area contributed by atoms with Crippen molar-refractivity contribution in [1.29, 1.82) is 0 Å². The zero-order valence-electron chi connectivity index (χ0n) is 15.2. The second-order valence-corrected chi connectivity index (χ2v) is 8.49. The lowest BCUT2D eigenvalue weighted by Crippen LogP contribution is -2.51. The van der Waals surface area contributed by atoms with Gasteiger partial charge in [-0.05, 0) is 47.5 Å². The molecule has 1 aliphatic heterocycles. The Morgan fingerprint density at radius 3 is 2.36 bits per heavy atom. The van der Waals surface area contributed by atoms with Gasteiger partial charge >= 0.3 is 16.3 Å². The first-order chi connectivity index (χ1) is 11.5. The lowest BCUT2D eigenvalue weighted by atomic mass is 10.1. The Hall–Kier alpha value is -1.81. The minimum Gasteiger partial charge on any atom is -0.443 e. The monoisotopic (exact) mass is 375 g/mol.